The van der Waals surface area contributed by atoms with E-state index in [-0.39, 0.29) is 5.41 Å². The average molecular weight is 395 g/mol. The number of amides is 1. The highest BCUT2D eigenvalue weighted by atomic mass is 16.5. The second-order valence-electron chi connectivity index (χ2n) is 9.82. The fourth-order valence-corrected chi connectivity index (χ4v) is 6.44. The molecule has 1 aliphatic carbocycles. The summed E-state index contributed by atoms with van der Waals surface area (Å²) >= 11 is 0. The molecule has 1 N–H and O–H groups in total. The van der Waals surface area contributed by atoms with Crippen molar-refractivity contribution in [2.45, 2.75) is 64.1 Å². The second-order valence-corrected chi connectivity index (χ2v) is 9.82. The van der Waals surface area contributed by atoms with Gasteiger partial charge in [-0.3, -0.25) is 4.79 Å². The van der Waals surface area contributed by atoms with E-state index in [1.807, 2.05) is 0 Å². The quantitative estimate of drug-likeness (QED) is 0.846. The van der Waals surface area contributed by atoms with Gasteiger partial charge in [0.1, 0.15) is 0 Å². The Hall–Kier alpha value is -1.65. The molecule has 4 heteroatoms. The monoisotopic (exact) mass is 394 g/mol. The van der Waals surface area contributed by atoms with Gasteiger partial charge in [-0.1, -0.05) is 50.3 Å². The first kappa shape index (κ1) is 19.3. The highest BCUT2D eigenvalue weighted by molar-refractivity contribution is 5.88. The number of benzene rings is 1. The zero-order chi connectivity index (χ0) is 20.0. The standard InChI is InChI=1S/C25H34N2O2/c1-17-16-29-13-10-22(17)26-21-8-11-25(15-21)18(2)23-14-20(9-12-27(23)24(25)28)19-6-4-3-5-7-19/h3-7,9,17-18,21-23,26H,8,10-16H2,1-2H3/t17?,18?,21?,22?,23?,25-/m0/s1. The van der Waals surface area contributed by atoms with Gasteiger partial charge in [-0.05, 0) is 55.1 Å². The number of carbonyl (C=O) groups is 1. The summed E-state index contributed by atoms with van der Waals surface area (Å²) in [7, 11) is 0. The molecule has 2 saturated heterocycles. The molecule has 3 aliphatic heterocycles. The van der Waals surface area contributed by atoms with E-state index in [4.69, 9.17) is 4.74 Å². The van der Waals surface area contributed by atoms with Crippen molar-refractivity contribution in [1.82, 2.24) is 10.2 Å². The molecule has 1 saturated carbocycles. The molecule has 1 spiro atoms. The molecule has 4 aliphatic rings. The lowest BCUT2D eigenvalue weighted by molar-refractivity contribution is -0.136. The minimum atomic E-state index is -0.156. The van der Waals surface area contributed by atoms with Gasteiger partial charge in [0, 0.05) is 31.3 Å². The van der Waals surface area contributed by atoms with E-state index in [2.05, 4.69) is 60.5 Å². The Kier molecular flexibility index (Phi) is 5.03. The van der Waals surface area contributed by atoms with E-state index in [0.717, 1.165) is 51.9 Å². The van der Waals surface area contributed by atoms with Crippen molar-refractivity contribution in [3.63, 3.8) is 0 Å². The molecule has 0 radical (unpaired) electrons. The Bertz CT molecular complexity index is 791. The maximum absolute atomic E-state index is 13.6. The van der Waals surface area contributed by atoms with E-state index < -0.39 is 0 Å². The molecule has 3 heterocycles. The number of nitrogens with one attached hydrogen (secondary N) is 1. The van der Waals surface area contributed by atoms with Crippen molar-refractivity contribution in [2.24, 2.45) is 17.3 Å². The van der Waals surface area contributed by atoms with Crippen molar-refractivity contribution in [2.75, 3.05) is 19.8 Å². The van der Waals surface area contributed by atoms with E-state index in [1.54, 1.807) is 0 Å². The lowest BCUT2D eigenvalue weighted by Gasteiger charge is -2.33. The Labute approximate surface area is 174 Å². The summed E-state index contributed by atoms with van der Waals surface area (Å²) in [6.07, 6.45) is 7.53. The third kappa shape index (κ3) is 3.25. The number of fused-ring (bicyclic) bond motifs is 1. The first-order valence-corrected chi connectivity index (χ1v) is 11.5. The van der Waals surface area contributed by atoms with E-state index in [0.29, 0.717) is 35.9 Å². The average Bonchev–Trinajstić information content (AvgIpc) is 3.27. The Morgan fingerprint density at radius 1 is 1.17 bits per heavy atom. The third-order valence-corrected chi connectivity index (χ3v) is 8.28. The summed E-state index contributed by atoms with van der Waals surface area (Å²) in [6.45, 7) is 7.11. The molecule has 5 unspecified atom stereocenters. The van der Waals surface area contributed by atoms with Gasteiger partial charge in [0.2, 0.25) is 5.91 Å². The molecule has 6 atom stereocenters. The number of ether oxygens (including phenoxy) is 1. The summed E-state index contributed by atoms with van der Waals surface area (Å²) in [5.74, 6) is 1.39. The molecule has 4 nitrogen and oxygen atoms in total. The summed E-state index contributed by atoms with van der Waals surface area (Å²) in [4.78, 5) is 15.8. The third-order valence-electron chi connectivity index (χ3n) is 8.28. The van der Waals surface area contributed by atoms with Crippen molar-refractivity contribution in [3.8, 4) is 0 Å². The lowest BCUT2D eigenvalue weighted by atomic mass is 9.73. The predicted octanol–water partition coefficient (Wildman–Crippen LogP) is 3.87. The SMILES string of the molecule is CC1COCCC1NC1CC[C@@]2(C1)C(=O)N1CC=C(c3ccccc3)CC1C2C. The number of carbonyl (C=O) groups excluding carboxylic acids is 1. The summed E-state index contributed by atoms with van der Waals surface area (Å²) in [5, 5.41) is 3.91. The Morgan fingerprint density at radius 3 is 2.79 bits per heavy atom. The molecule has 1 amide bonds. The normalized spacial score (nSPS) is 39.7. The van der Waals surface area contributed by atoms with Crippen LogP contribution in [0.1, 0.15) is 51.5 Å². The van der Waals surface area contributed by atoms with Crippen molar-refractivity contribution >= 4 is 11.5 Å². The zero-order valence-corrected chi connectivity index (χ0v) is 17.8. The van der Waals surface area contributed by atoms with Crippen LogP contribution in [-0.4, -0.2) is 48.7 Å². The zero-order valence-electron chi connectivity index (χ0n) is 17.8. The molecule has 29 heavy (non-hydrogen) atoms. The largest absolute Gasteiger partial charge is 0.381 e. The van der Waals surface area contributed by atoms with Gasteiger partial charge in [0.05, 0.1) is 12.0 Å². The van der Waals surface area contributed by atoms with Crippen molar-refractivity contribution in [1.29, 1.82) is 0 Å². The molecule has 1 aromatic rings. The Balaban J connectivity index is 1.30. The first-order valence-electron chi connectivity index (χ1n) is 11.5. The van der Waals surface area contributed by atoms with Gasteiger partial charge in [-0.15, -0.1) is 0 Å². The maximum atomic E-state index is 13.6. The van der Waals surface area contributed by atoms with E-state index in [1.165, 1.54) is 11.1 Å². The molecular formula is C25H34N2O2. The number of nitrogens with zero attached hydrogens (tertiary/aromatic N) is 1. The molecule has 0 aromatic heterocycles. The molecule has 5 rings (SSSR count). The topological polar surface area (TPSA) is 41.6 Å². The van der Waals surface area contributed by atoms with Crippen LogP contribution >= 0.6 is 0 Å². The van der Waals surface area contributed by atoms with Crippen molar-refractivity contribution < 1.29 is 9.53 Å². The van der Waals surface area contributed by atoms with Crippen LogP contribution in [0.4, 0.5) is 0 Å². The van der Waals surface area contributed by atoms with Crippen LogP contribution in [-0.2, 0) is 9.53 Å². The van der Waals surface area contributed by atoms with Crippen LogP contribution in [0.25, 0.3) is 5.57 Å². The van der Waals surface area contributed by atoms with Crippen LogP contribution < -0.4 is 5.32 Å². The van der Waals surface area contributed by atoms with Gasteiger partial charge in [-0.25, -0.2) is 0 Å². The second kappa shape index (κ2) is 7.55. The van der Waals surface area contributed by atoms with Crippen LogP contribution in [0, 0.1) is 17.3 Å². The van der Waals surface area contributed by atoms with Crippen LogP contribution in [0.5, 0.6) is 0 Å². The maximum Gasteiger partial charge on any atom is 0.229 e. The smallest absolute Gasteiger partial charge is 0.229 e. The first-order chi connectivity index (χ1) is 14.1. The summed E-state index contributed by atoms with van der Waals surface area (Å²) in [6, 6.07) is 12.0. The van der Waals surface area contributed by atoms with E-state index in [9.17, 15) is 4.79 Å². The minimum absolute atomic E-state index is 0.156. The number of rotatable bonds is 3. The fraction of sp³-hybridized carbons (Fsp3) is 0.640. The van der Waals surface area contributed by atoms with Gasteiger partial charge >= 0.3 is 0 Å². The van der Waals surface area contributed by atoms with Gasteiger partial charge < -0.3 is 15.0 Å². The van der Waals surface area contributed by atoms with Crippen LogP contribution in [0.3, 0.4) is 0 Å². The van der Waals surface area contributed by atoms with Crippen LogP contribution in [0.15, 0.2) is 36.4 Å². The van der Waals surface area contributed by atoms with Gasteiger partial charge in [-0.2, -0.15) is 0 Å². The molecule has 0 bridgehead atoms. The number of hydrogen-bond acceptors (Lipinski definition) is 3. The lowest BCUT2D eigenvalue weighted by Crippen LogP contribution is -2.46. The summed E-state index contributed by atoms with van der Waals surface area (Å²) < 4.78 is 5.61. The minimum Gasteiger partial charge on any atom is -0.381 e. The fourth-order valence-electron chi connectivity index (χ4n) is 6.44. The molecular weight excluding hydrogens is 360 g/mol. The van der Waals surface area contributed by atoms with Gasteiger partial charge in [0.25, 0.3) is 0 Å². The predicted molar refractivity (Wildman–Crippen MR) is 115 cm³/mol. The van der Waals surface area contributed by atoms with Crippen LogP contribution in [0.2, 0.25) is 0 Å². The molecule has 156 valence electrons. The van der Waals surface area contributed by atoms with Gasteiger partial charge in [0.15, 0.2) is 0 Å². The van der Waals surface area contributed by atoms with Crippen molar-refractivity contribution in [3.05, 3.63) is 42.0 Å². The molecule has 3 fully saturated rings. The highest BCUT2D eigenvalue weighted by Crippen LogP contribution is 2.54. The summed E-state index contributed by atoms with van der Waals surface area (Å²) in [5.41, 5.74) is 2.57. The molecule has 1 aromatic carbocycles. The number of hydrogen-bond donors (Lipinski definition) is 1. The van der Waals surface area contributed by atoms with E-state index >= 15 is 0 Å². The highest BCUT2D eigenvalue weighted by Gasteiger charge is 2.59. The Morgan fingerprint density at radius 2 is 2.00 bits per heavy atom.